The molecule has 560 valence electrons. The molecule has 9 aromatic rings. The van der Waals surface area contributed by atoms with Crippen molar-refractivity contribution in [2.45, 2.75) is 113 Å². The number of fused-ring (bicyclic) bond motifs is 3. The van der Waals surface area contributed by atoms with E-state index in [4.69, 9.17) is 2.97 Å². The standard InChI is InChI=1S/2C25H20F7NO2.C22H17F4NO.C3H3F3O.H2/c2*26-17-6-1-4-15(12-17)19-8-3-9-22-20(19)10-11-21(33(22)14-23(34)24(27,28)29)16-5-2-7-18(13-16)35-25(30,31)32;23-16-6-1-4-14(12-16)18-8-3-9-21-19(18)10-11-20(27-21)15-5-2-7-17(13-15)28-22(24,25)26;4-3(5,6)2-1-7-2;/h2*1-9,12-13,21,23,34H,10-11,14H2;1-9,12-13,20,27H,10-11H2;2H,1H2;1H/i;;;;1+1D. The van der Waals surface area contributed by atoms with Crippen molar-refractivity contribution in [1.29, 1.82) is 0 Å². The lowest BCUT2D eigenvalue weighted by Crippen LogP contribution is -2.44. The van der Waals surface area contributed by atoms with Crippen LogP contribution in [0.5, 0.6) is 17.2 Å². The fourth-order valence-electron chi connectivity index (χ4n) is 12.7. The van der Waals surface area contributed by atoms with Gasteiger partial charge < -0.3 is 44.3 Å². The Morgan fingerprint density at radius 2 is 0.752 bits per heavy atom. The van der Waals surface area contributed by atoms with Crippen LogP contribution in [0, 0.1) is 17.5 Å². The van der Waals surface area contributed by atoms with Gasteiger partial charge in [0.1, 0.15) is 34.7 Å². The van der Waals surface area contributed by atoms with Gasteiger partial charge >= 0.3 is 37.6 Å². The van der Waals surface area contributed by atoms with Crippen LogP contribution in [-0.4, -0.2) is 85.8 Å². The first kappa shape index (κ1) is 76.3. The van der Waals surface area contributed by atoms with Crippen molar-refractivity contribution >= 4 is 17.1 Å². The van der Waals surface area contributed by atoms with Crippen molar-refractivity contribution in [2.75, 3.05) is 34.8 Å². The lowest BCUT2D eigenvalue weighted by atomic mass is 9.86. The summed E-state index contributed by atoms with van der Waals surface area (Å²) in [5, 5.41) is 23.1. The number of aliphatic hydroxyl groups is 2. The maximum atomic E-state index is 13.8. The highest BCUT2D eigenvalue weighted by molar-refractivity contribution is 5.78. The van der Waals surface area contributed by atoms with Gasteiger partial charge in [-0.25, -0.2) is 13.2 Å². The molecule has 4 aliphatic rings. The zero-order valence-corrected chi connectivity index (χ0v) is 54.2. The number of nitrogens with zero attached hydrogens (tertiary/aromatic N) is 2. The topological polar surface area (TPSA) is 99.2 Å². The molecular weight excluding hydrogens is 1440 g/mol. The molecular formula is C75H62F21N3O6. The molecule has 4 aliphatic heterocycles. The fraction of sp³-hybridized carbons (Fsp3) is 0.280. The number of ether oxygens (including phenoxy) is 4. The third-order valence-corrected chi connectivity index (χ3v) is 17.2. The second-order valence-corrected chi connectivity index (χ2v) is 24.5. The van der Waals surface area contributed by atoms with Crippen LogP contribution in [0.2, 0.25) is 0 Å². The first-order valence-electron chi connectivity index (χ1n) is 33.0. The van der Waals surface area contributed by atoms with E-state index in [2.05, 4.69) is 24.3 Å². The maximum Gasteiger partial charge on any atom is 0.573 e. The molecule has 0 amide bonds. The molecule has 1 saturated heterocycles. The van der Waals surface area contributed by atoms with Gasteiger partial charge in [0.05, 0.1) is 37.8 Å². The Balaban J connectivity index is 0.000000176. The van der Waals surface area contributed by atoms with Crippen molar-refractivity contribution < 1.29 is 124 Å². The molecule has 0 aromatic heterocycles. The average Bonchev–Trinajstić information content (AvgIpc) is 1.25. The molecule has 105 heavy (non-hydrogen) atoms. The Morgan fingerprint density at radius 1 is 0.419 bits per heavy atom. The minimum absolute atomic E-state index is 0.132. The minimum atomic E-state index is -4.93. The molecule has 4 heterocycles. The number of nitrogens with one attached hydrogen (secondary N) is 1. The predicted molar refractivity (Wildman–Crippen MR) is 348 cm³/mol. The van der Waals surface area contributed by atoms with E-state index in [1.807, 2.05) is 24.3 Å². The Morgan fingerprint density at radius 3 is 1.10 bits per heavy atom. The largest absolute Gasteiger partial charge is 0.573 e. The molecule has 13 rings (SSSR count). The smallest absolute Gasteiger partial charge is 0.406 e. The quantitative estimate of drug-likeness (QED) is 0.0770. The first-order valence-corrected chi connectivity index (χ1v) is 32.0. The van der Waals surface area contributed by atoms with Gasteiger partial charge in [0.25, 0.3) is 0 Å². The SMILES string of the molecule is FC(F)(F)C1CO1.Fc1cccc(-c2cccc3c2CCC(c2cccc(OC(F)(F)F)c2)N3)c1.OC(CN1c2cccc(-c3cccc(F)c3)c2CCC1c1cccc(OC(F)(F)F)c1)C(F)(F)F.OC(CN1c2cccc(-c3cccc(F)c3)c2CCC1c1cccc(OC(F)(F)F)c1)C(F)(F)F.[2H][2H]. The van der Waals surface area contributed by atoms with Gasteiger partial charge in [-0.1, -0.05) is 109 Å². The van der Waals surface area contributed by atoms with Crippen LogP contribution >= 0.6 is 0 Å². The molecule has 0 aliphatic carbocycles. The summed E-state index contributed by atoms with van der Waals surface area (Å²) in [4.78, 5) is 2.68. The van der Waals surface area contributed by atoms with Crippen LogP contribution in [0.3, 0.4) is 0 Å². The van der Waals surface area contributed by atoms with Crippen LogP contribution in [0.15, 0.2) is 200 Å². The summed E-state index contributed by atoms with van der Waals surface area (Å²) in [5.74, 6) is -2.46. The first-order chi connectivity index (χ1) is 50.3. The van der Waals surface area contributed by atoms with E-state index in [1.54, 1.807) is 66.7 Å². The minimum Gasteiger partial charge on any atom is -0.406 e. The van der Waals surface area contributed by atoms with Crippen LogP contribution in [-0.2, 0) is 24.0 Å². The fourth-order valence-corrected chi connectivity index (χ4v) is 12.7. The van der Waals surface area contributed by atoms with Crippen molar-refractivity contribution in [3.05, 3.63) is 251 Å². The van der Waals surface area contributed by atoms with Crippen LogP contribution < -0.4 is 29.3 Å². The highest BCUT2D eigenvalue weighted by atomic mass is 19.4. The van der Waals surface area contributed by atoms with E-state index in [-0.39, 0.29) is 37.1 Å². The summed E-state index contributed by atoms with van der Waals surface area (Å²) in [6, 6.07) is 48.1. The Kier molecular flexibility index (Phi) is 23.2. The van der Waals surface area contributed by atoms with Gasteiger partial charge in [-0.05, 0) is 196 Å². The predicted octanol–water partition coefficient (Wildman–Crippen LogP) is 21.3. The summed E-state index contributed by atoms with van der Waals surface area (Å²) < 4.78 is 294. The number of benzene rings is 9. The van der Waals surface area contributed by atoms with E-state index in [9.17, 15) is 102 Å². The molecule has 9 aromatic carbocycles. The summed E-state index contributed by atoms with van der Waals surface area (Å²) in [6.45, 7) is -1.82. The molecule has 1 fully saturated rings. The molecule has 6 unspecified atom stereocenters. The van der Waals surface area contributed by atoms with Crippen LogP contribution in [0.4, 0.5) is 109 Å². The highest BCUT2D eigenvalue weighted by Gasteiger charge is 2.49. The zero-order valence-electron chi connectivity index (χ0n) is 56.2. The van der Waals surface area contributed by atoms with Gasteiger partial charge in [0.15, 0.2) is 18.3 Å². The third kappa shape index (κ3) is 21.0. The zero-order chi connectivity index (χ0) is 78.0. The Labute approximate surface area is 588 Å². The molecule has 0 bridgehead atoms. The maximum absolute atomic E-state index is 13.8. The van der Waals surface area contributed by atoms with Gasteiger partial charge in [-0.15, -0.1) is 39.5 Å². The second kappa shape index (κ2) is 31.9. The number of anilines is 3. The number of β-amino-alcohol motifs (C(OH)–C–C–N with tert-alkyl or cyclic N) is 2. The van der Waals surface area contributed by atoms with Crippen molar-refractivity contribution in [3.8, 4) is 50.6 Å². The van der Waals surface area contributed by atoms with Gasteiger partial charge in [0.2, 0.25) is 0 Å². The van der Waals surface area contributed by atoms with Crippen molar-refractivity contribution in [1.82, 2.24) is 0 Å². The molecule has 6 atom stereocenters. The third-order valence-electron chi connectivity index (χ3n) is 17.2. The summed E-state index contributed by atoms with van der Waals surface area (Å²) >= 11 is 0. The van der Waals surface area contributed by atoms with E-state index < -0.39 is 104 Å². The molecule has 0 radical (unpaired) electrons. The van der Waals surface area contributed by atoms with Gasteiger partial charge in [-0.2, -0.15) is 39.5 Å². The Hall–Kier alpha value is -9.81. The number of alkyl halides is 18. The van der Waals surface area contributed by atoms with E-state index >= 15 is 0 Å². The lowest BCUT2D eigenvalue weighted by Gasteiger charge is -2.41. The number of rotatable bonds is 13. The van der Waals surface area contributed by atoms with Crippen molar-refractivity contribution in [3.63, 3.8) is 0 Å². The van der Waals surface area contributed by atoms with E-state index in [0.717, 1.165) is 58.6 Å². The van der Waals surface area contributed by atoms with Gasteiger partial charge in [-0.3, -0.25) is 0 Å². The number of halogens is 21. The number of hydrogen-bond acceptors (Lipinski definition) is 9. The summed E-state index contributed by atoms with van der Waals surface area (Å²) in [5.41, 5.74) is 9.49. The number of aliphatic hydroxyl groups excluding tert-OH is 2. The van der Waals surface area contributed by atoms with E-state index in [0.29, 0.717) is 75.1 Å². The molecule has 0 spiro atoms. The summed E-state index contributed by atoms with van der Waals surface area (Å²) in [6.07, 6.45) is -32.6. The lowest BCUT2D eigenvalue weighted by molar-refractivity contribution is -0.275. The van der Waals surface area contributed by atoms with Crippen LogP contribution in [0.1, 0.15) is 73.7 Å². The van der Waals surface area contributed by atoms with Crippen molar-refractivity contribution in [2.24, 2.45) is 0 Å². The molecule has 9 nitrogen and oxygen atoms in total. The molecule has 0 saturated carbocycles. The summed E-state index contributed by atoms with van der Waals surface area (Å²) in [7, 11) is 0. The van der Waals surface area contributed by atoms with Crippen LogP contribution in [0.25, 0.3) is 33.4 Å². The highest BCUT2D eigenvalue weighted by Crippen LogP contribution is 2.48. The number of hydrogen-bond donors (Lipinski definition) is 3. The molecule has 30 heteroatoms. The van der Waals surface area contributed by atoms with Gasteiger partial charge in [0, 0.05) is 20.0 Å². The van der Waals surface area contributed by atoms with E-state index in [1.165, 1.54) is 94.7 Å². The Bertz CT molecular complexity index is 4270. The normalized spacial score (nSPS) is 17.9. The average molecular weight is 1500 g/mol. The monoisotopic (exact) mass is 1500 g/mol. The molecule has 3 N–H and O–H groups in total. The number of epoxide rings is 1. The second-order valence-electron chi connectivity index (χ2n) is 24.5.